The first kappa shape index (κ1) is 24.9. The summed E-state index contributed by atoms with van der Waals surface area (Å²) >= 11 is 6.50. The van der Waals surface area contributed by atoms with Crippen molar-refractivity contribution in [3.8, 4) is 0 Å². The number of sulfone groups is 1. The monoisotopic (exact) mass is 471 g/mol. The summed E-state index contributed by atoms with van der Waals surface area (Å²) in [5.41, 5.74) is 1.82. The van der Waals surface area contributed by atoms with Crippen molar-refractivity contribution in [3.63, 3.8) is 0 Å². The van der Waals surface area contributed by atoms with Gasteiger partial charge in [-0.15, -0.1) is 11.6 Å². The van der Waals surface area contributed by atoms with Gasteiger partial charge in [-0.1, -0.05) is 68.0 Å². The molecule has 8 heteroatoms. The zero-order chi connectivity index (χ0) is 22.4. The molecule has 0 radical (unpaired) electrons. The van der Waals surface area contributed by atoms with Crippen molar-refractivity contribution in [2.24, 2.45) is 0 Å². The maximum atomic E-state index is 13.3. The molecule has 0 aliphatic carbocycles. The van der Waals surface area contributed by atoms with E-state index in [-0.39, 0.29) is 9.79 Å². The Balaban J connectivity index is 2.37. The van der Waals surface area contributed by atoms with Crippen LogP contribution in [0.25, 0.3) is 0 Å². The first-order chi connectivity index (χ1) is 14.1. The summed E-state index contributed by atoms with van der Waals surface area (Å²) in [4.78, 5) is 0.0518. The van der Waals surface area contributed by atoms with Gasteiger partial charge in [-0.2, -0.15) is 4.72 Å². The minimum Gasteiger partial charge on any atom is -0.222 e. The third-order valence-electron chi connectivity index (χ3n) is 4.95. The Morgan fingerprint density at radius 3 is 1.80 bits per heavy atom. The Kier molecular flexibility index (Phi) is 8.91. The predicted octanol–water partition coefficient (Wildman–Crippen LogP) is 4.96. The molecule has 2 rings (SSSR count). The molecule has 0 aliphatic rings. The van der Waals surface area contributed by atoms with Crippen LogP contribution in [0.5, 0.6) is 0 Å². The fourth-order valence-electron chi connectivity index (χ4n) is 3.06. The normalized spacial score (nSPS) is 14.4. The summed E-state index contributed by atoms with van der Waals surface area (Å²) < 4.78 is 54.9. The minimum atomic E-state index is -4.07. The number of halogens is 1. The zero-order valence-corrected chi connectivity index (χ0v) is 20.0. The van der Waals surface area contributed by atoms with Crippen LogP contribution in [0.3, 0.4) is 0 Å². The Morgan fingerprint density at radius 1 is 0.800 bits per heavy atom. The van der Waals surface area contributed by atoms with Crippen molar-refractivity contribution in [2.75, 3.05) is 0 Å². The Labute approximate surface area is 185 Å². The minimum absolute atomic E-state index is 0.00653. The second-order valence-electron chi connectivity index (χ2n) is 7.58. The molecule has 30 heavy (non-hydrogen) atoms. The standard InChI is InChI=1S/C22H30ClNO4S2/c1-4-5-6-7-8-21(23)22(29(25,26)19-13-9-17(2)10-14-19)24-30(27,28)20-15-11-18(3)12-16-20/h9-16,21-22,24H,4-8H2,1-3H3. The quantitative estimate of drug-likeness (QED) is 0.371. The van der Waals surface area contributed by atoms with Crippen LogP contribution in [0.2, 0.25) is 0 Å². The van der Waals surface area contributed by atoms with Gasteiger partial charge in [-0.05, 0) is 44.5 Å². The van der Waals surface area contributed by atoms with Gasteiger partial charge in [0, 0.05) is 0 Å². The highest BCUT2D eigenvalue weighted by Gasteiger charge is 2.37. The van der Waals surface area contributed by atoms with E-state index in [9.17, 15) is 16.8 Å². The fraction of sp³-hybridized carbons (Fsp3) is 0.455. The van der Waals surface area contributed by atoms with Crippen LogP contribution in [0.1, 0.15) is 50.2 Å². The second-order valence-corrected chi connectivity index (χ2v) is 11.9. The molecule has 0 heterocycles. The van der Waals surface area contributed by atoms with E-state index in [1.165, 1.54) is 24.3 Å². The molecule has 2 aromatic carbocycles. The molecule has 166 valence electrons. The molecule has 5 nitrogen and oxygen atoms in total. The molecule has 0 spiro atoms. The molecule has 0 saturated heterocycles. The summed E-state index contributed by atoms with van der Waals surface area (Å²) in [6.07, 6.45) is 4.11. The van der Waals surface area contributed by atoms with Crippen molar-refractivity contribution < 1.29 is 16.8 Å². The number of sulfonamides is 1. The first-order valence-electron chi connectivity index (χ1n) is 10.1. The van der Waals surface area contributed by atoms with Crippen molar-refractivity contribution in [3.05, 3.63) is 59.7 Å². The molecule has 1 N–H and O–H groups in total. The number of nitrogens with one attached hydrogen (secondary N) is 1. The first-order valence-corrected chi connectivity index (χ1v) is 13.6. The summed E-state index contributed by atoms with van der Waals surface area (Å²) in [5, 5.41) is -2.36. The van der Waals surface area contributed by atoms with Crippen molar-refractivity contribution in [2.45, 2.75) is 73.4 Å². The lowest BCUT2D eigenvalue weighted by Gasteiger charge is -2.24. The van der Waals surface area contributed by atoms with Gasteiger partial charge in [0.1, 0.15) is 5.37 Å². The lowest BCUT2D eigenvalue weighted by molar-refractivity contribution is 0.529. The SMILES string of the molecule is CCCCCCC(Cl)C(NS(=O)(=O)c1ccc(C)cc1)S(=O)(=O)c1ccc(C)cc1. The molecule has 2 aromatic rings. The van der Waals surface area contributed by atoms with Crippen LogP contribution in [0.15, 0.2) is 58.3 Å². The molecular weight excluding hydrogens is 442 g/mol. The molecule has 0 aliphatic heterocycles. The highest BCUT2D eigenvalue weighted by molar-refractivity contribution is 7.94. The van der Waals surface area contributed by atoms with E-state index in [4.69, 9.17) is 11.6 Å². The van der Waals surface area contributed by atoms with Gasteiger partial charge in [0.15, 0.2) is 9.84 Å². The topological polar surface area (TPSA) is 80.3 Å². The van der Waals surface area contributed by atoms with E-state index in [2.05, 4.69) is 11.6 Å². The van der Waals surface area contributed by atoms with Gasteiger partial charge < -0.3 is 0 Å². The molecule has 2 atom stereocenters. The van der Waals surface area contributed by atoms with Crippen LogP contribution in [-0.4, -0.2) is 27.6 Å². The Bertz CT molecular complexity index is 1020. The fourth-order valence-corrected chi connectivity index (χ4v) is 7.08. The number of rotatable bonds is 11. The summed E-state index contributed by atoms with van der Waals surface area (Å²) in [5.74, 6) is 0. The molecular formula is C22H30ClNO4S2. The van der Waals surface area contributed by atoms with Gasteiger partial charge in [-0.25, -0.2) is 16.8 Å². The van der Waals surface area contributed by atoms with Crippen LogP contribution >= 0.6 is 11.6 Å². The summed E-state index contributed by atoms with van der Waals surface area (Å²) in [6, 6.07) is 12.6. The highest BCUT2D eigenvalue weighted by atomic mass is 35.5. The lowest BCUT2D eigenvalue weighted by Crippen LogP contribution is -2.46. The average molecular weight is 472 g/mol. The van der Waals surface area contributed by atoms with Crippen molar-refractivity contribution >= 4 is 31.5 Å². The number of hydrogen-bond acceptors (Lipinski definition) is 4. The van der Waals surface area contributed by atoms with Gasteiger partial charge in [0.25, 0.3) is 0 Å². The smallest absolute Gasteiger partial charge is 0.222 e. The summed E-state index contributed by atoms with van der Waals surface area (Å²) in [6.45, 7) is 5.78. The number of alkyl halides is 1. The predicted molar refractivity (Wildman–Crippen MR) is 122 cm³/mol. The third kappa shape index (κ3) is 6.54. The number of aryl methyl sites for hydroxylation is 2. The maximum Gasteiger partial charge on any atom is 0.241 e. The molecule has 0 amide bonds. The Hall–Kier alpha value is -1.41. The van der Waals surface area contributed by atoms with Crippen LogP contribution in [-0.2, 0) is 19.9 Å². The molecule has 0 bridgehead atoms. The van der Waals surface area contributed by atoms with Crippen molar-refractivity contribution in [1.29, 1.82) is 0 Å². The average Bonchev–Trinajstić information content (AvgIpc) is 2.70. The third-order valence-corrected chi connectivity index (χ3v) is 9.22. The van der Waals surface area contributed by atoms with E-state index in [0.29, 0.717) is 6.42 Å². The van der Waals surface area contributed by atoms with E-state index < -0.39 is 30.6 Å². The van der Waals surface area contributed by atoms with E-state index >= 15 is 0 Å². The number of unbranched alkanes of at least 4 members (excludes halogenated alkanes) is 3. The zero-order valence-electron chi connectivity index (χ0n) is 17.6. The molecule has 0 saturated carbocycles. The van der Waals surface area contributed by atoms with E-state index in [0.717, 1.165) is 36.8 Å². The summed E-state index contributed by atoms with van der Waals surface area (Å²) in [7, 11) is -8.10. The van der Waals surface area contributed by atoms with Gasteiger partial charge in [-0.3, -0.25) is 0 Å². The van der Waals surface area contributed by atoms with E-state index in [1.807, 2.05) is 13.8 Å². The van der Waals surface area contributed by atoms with Gasteiger partial charge in [0.2, 0.25) is 10.0 Å². The molecule has 2 unspecified atom stereocenters. The van der Waals surface area contributed by atoms with Gasteiger partial charge in [0.05, 0.1) is 15.2 Å². The molecule has 0 aromatic heterocycles. The lowest BCUT2D eigenvalue weighted by atomic mass is 10.1. The maximum absolute atomic E-state index is 13.3. The van der Waals surface area contributed by atoms with Crippen LogP contribution in [0, 0.1) is 13.8 Å². The van der Waals surface area contributed by atoms with Crippen LogP contribution in [0.4, 0.5) is 0 Å². The number of benzene rings is 2. The number of hydrogen-bond donors (Lipinski definition) is 1. The molecule has 0 fully saturated rings. The van der Waals surface area contributed by atoms with E-state index in [1.54, 1.807) is 24.3 Å². The highest BCUT2D eigenvalue weighted by Crippen LogP contribution is 2.25. The van der Waals surface area contributed by atoms with Crippen molar-refractivity contribution in [1.82, 2.24) is 4.72 Å². The van der Waals surface area contributed by atoms with Gasteiger partial charge >= 0.3 is 0 Å². The second kappa shape index (κ2) is 10.8. The Morgan fingerprint density at radius 2 is 1.30 bits per heavy atom. The van der Waals surface area contributed by atoms with Crippen LogP contribution < -0.4 is 4.72 Å². The largest absolute Gasteiger partial charge is 0.241 e.